The number of nitrogens with two attached hydrogens (primary N) is 1. The van der Waals surface area contributed by atoms with Crippen molar-refractivity contribution in [3.63, 3.8) is 0 Å². The fraction of sp³-hybridized carbons (Fsp3) is 0.478. The van der Waals surface area contributed by atoms with Crippen LogP contribution in [0.4, 0.5) is 23.4 Å². The number of nitrogens with zero attached hydrogens (tertiary/aromatic N) is 5. The third-order valence-electron chi connectivity index (χ3n) is 6.30. The topological polar surface area (TPSA) is 163 Å². The zero-order chi connectivity index (χ0) is 28.3. The molecule has 4 heterocycles. The van der Waals surface area contributed by atoms with Crippen LogP contribution in [-0.2, 0) is 6.54 Å². The lowest BCUT2D eigenvalue weighted by Crippen LogP contribution is -2.43. The Hall–Kier alpha value is -3.60. The average molecular weight is 557 g/mol. The van der Waals surface area contributed by atoms with Crippen LogP contribution in [0.15, 0.2) is 24.7 Å². The second-order valence-corrected chi connectivity index (χ2v) is 9.01. The second kappa shape index (κ2) is 11.6. The molecule has 3 aromatic rings. The molecular weight excluding hydrogens is 528 g/mol. The zero-order valence-electron chi connectivity index (χ0n) is 20.8. The molecule has 1 saturated heterocycles. The number of aliphatic hydroxyl groups is 2. The van der Waals surface area contributed by atoms with Crippen molar-refractivity contribution in [2.75, 3.05) is 45.6 Å². The summed E-state index contributed by atoms with van der Waals surface area (Å²) in [6, 6.07) is 2.13. The van der Waals surface area contributed by atoms with Crippen LogP contribution in [-0.4, -0.2) is 105 Å². The summed E-state index contributed by atoms with van der Waals surface area (Å²) < 4.78 is 59.5. The lowest BCUT2D eigenvalue weighted by atomic mass is 10.1. The lowest BCUT2D eigenvalue weighted by Gasteiger charge is -2.21. The number of ether oxygens (including phenoxy) is 1. The van der Waals surface area contributed by atoms with Gasteiger partial charge in [-0.15, -0.1) is 0 Å². The van der Waals surface area contributed by atoms with Crippen molar-refractivity contribution >= 4 is 17.2 Å². The minimum Gasteiger partial charge on any atom is -0.480 e. The van der Waals surface area contributed by atoms with Gasteiger partial charge in [0.15, 0.2) is 11.9 Å². The highest BCUT2D eigenvalue weighted by atomic mass is 19.4. The summed E-state index contributed by atoms with van der Waals surface area (Å²) in [4.78, 5) is 22.5. The number of carbonyl (C=O) groups is 1. The van der Waals surface area contributed by atoms with Crippen molar-refractivity contribution in [2.45, 2.75) is 31.0 Å². The third-order valence-corrected chi connectivity index (χ3v) is 6.30. The van der Waals surface area contributed by atoms with E-state index in [4.69, 9.17) is 15.6 Å². The Bertz CT molecular complexity index is 1320. The molecule has 0 radical (unpaired) electrons. The molecule has 39 heavy (non-hydrogen) atoms. The quantitative estimate of drug-likeness (QED) is 0.171. The molecule has 0 aliphatic carbocycles. The van der Waals surface area contributed by atoms with E-state index < -0.39 is 36.9 Å². The van der Waals surface area contributed by atoms with Crippen molar-refractivity contribution in [3.8, 4) is 17.1 Å². The third kappa shape index (κ3) is 6.19. The van der Waals surface area contributed by atoms with E-state index in [0.717, 1.165) is 10.5 Å². The van der Waals surface area contributed by atoms with Crippen LogP contribution in [0.5, 0.6) is 5.88 Å². The van der Waals surface area contributed by atoms with Gasteiger partial charge in [-0.2, -0.15) is 18.3 Å². The highest BCUT2D eigenvalue weighted by molar-refractivity contribution is 5.98. The molecule has 3 aromatic heterocycles. The number of nitrogens with one attached hydrogen (secondary N) is 2. The van der Waals surface area contributed by atoms with Crippen LogP contribution >= 0.6 is 0 Å². The number of aliphatic hydroxyl groups excluding tert-OH is 2. The first-order valence-corrected chi connectivity index (χ1v) is 11.9. The number of hydrogen-bond acceptors (Lipinski definition) is 10. The number of likely N-dealkylation sites (tertiary alicyclic amines) is 1. The molecule has 1 aliphatic heterocycles. The number of carbonyl (C=O) groups excluding carboxylic acids is 1. The first-order valence-electron chi connectivity index (χ1n) is 11.9. The second-order valence-electron chi connectivity index (χ2n) is 9.01. The first-order chi connectivity index (χ1) is 18.5. The van der Waals surface area contributed by atoms with E-state index in [1.807, 2.05) is 0 Å². The van der Waals surface area contributed by atoms with E-state index in [0.29, 0.717) is 29.9 Å². The zero-order valence-corrected chi connectivity index (χ0v) is 20.8. The van der Waals surface area contributed by atoms with Crippen LogP contribution in [0.3, 0.4) is 0 Å². The summed E-state index contributed by atoms with van der Waals surface area (Å²) in [5.41, 5.74) is 8.25. The summed E-state index contributed by atoms with van der Waals surface area (Å²) >= 11 is 0. The molecule has 6 N–H and O–H groups in total. The van der Waals surface area contributed by atoms with Gasteiger partial charge in [-0.1, -0.05) is 0 Å². The molecule has 1 amide bonds. The number of fused-ring (bicyclic) bond motifs is 1. The van der Waals surface area contributed by atoms with Crippen LogP contribution in [0, 0.1) is 0 Å². The SMILES string of the molecule is COc1ncc(-c2cc(CNCCO)c3c(N)ncnn23)cc1C(=O)N[C@@H]1CN(CC(O)C(F)(F)F)C[C@@H]1F. The van der Waals surface area contributed by atoms with Gasteiger partial charge in [-0.25, -0.2) is 18.9 Å². The van der Waals surface area contributed by atoms with Gasteiger partial charge < -0.3 is 31.3 Å². The maximum Gasteiger partial charge on any atom is 0.415 e. The summed E-state index contributed by atoms with van der Waals surface area (Å²) in [6.07, 6.45) is -6.39. The number of pyridine rings is 1. The fourth-order valence-corrected chi connectivity index (χ4v) is 4.43. The maximum absolute atomic E-state index is 14.6. The number of rotatable bonds is 10. The number of aromatic nitrogens is 4. The molecule has 0 spiro atoms. The van der Waals surface area contributed by atoms with Gasteiger partial charge in [-0.3, -0.25) is 9.69 Å². The summed E-state index contributed by atoms with van der Waals surface area (Å²) in [5, 5.41) is 28.2. The number of halogens is 4. The summed E-state index contributed by atoms with van der Waals surface area (Å²) in [5.74, 6) is -0.576. The summed E-state index contributed by atoms with van der Waals surface area (Å²) in [6.45, 7) is -0.780. The van der Waals surface area contributed by atoms with Crippen molar-refractivity contribution in [1.29, 1.82) is 0 Å². The van der Waals surface area contributed by atoms with Gasteiger partial charge in [0.25, 0.3) is 5.91 Å². The molecule has 0 bridgehead atoms. The monoisotopic (exact) mass is 556 g/mol. The van der Waals surface area contributed by atoms with Crippen molar-refractivity contribution in [1.82, 2.24) is 35.1 Å². The highest BCUT2D eigenvalue weighted by Crippen LogP contribution is 2.30. The Balaban J connectivity index is 1.59. The van der Waals surface area contributed by atoms with Gasteiger partial charge in [0, 0.05) is 44.5 Å². The molecular formula is C23H28F4N8O4. The largest absolute Gasteiger partial charge is 0.480 e. The van der Waals surface area contributed by atoms with Crippen molar-refractivity contribution in [3.05, 3.63) is 35.8 Å². The van der Waals surface area contributed by atoms with Gasteiger partial charge in [-0.05, 0) is 17.7 Å². The van der Waals surface area contributed by atoms with Crippen LogP contribution in [0.2, 0.25) is 0 Å². The van der Waals surface area contributed by atoms with Crippen LogP contribution in [0.1, 0.15) is 15.9 Å². The van der Waals surface area contributed by atoms with E-state index in [2.05, 4.69) is 25.7 Å². The number of anilines is 1. The van der Waals surface area contributed by atoms with E-state index in [9.17, 15) is 27.5 Å². The smallest absolute Gasteiger partial charge is 0.415 e. The molecule has 1 fully saturated rings. The molecule has 16 heteroatoms. The maximum atomic E-state index is 14.6. The minimum atomic E-state index is -4.83. The lowest BCUT2D eigenvalue weighted by molar-refractivity contribution is -0.207. The predicted molar refractivity (Wildman–Crippen MR) is 131 cm³/mol. The average Bonchev–Trinajstić information content (AvgIpc) is 3.43. The molecule has 212 valence electrons. The molecule has 4 rings (SSSR count). The molecule has 3 atom stereocenters. The van der Waals surface area contributed by atoms with Gasteiger partial charge in [0.05, 0.1) is 25.5 Å². The van der Waals surface area contributed by atoms with Crippen molar-refractivity contribution < 1.29 is 37.3 Å². The Morgan fingerprint density at radius 1 is 1.31 bits per heavy atom. The minimum absolute atomic E-state index is 0.0343. The fourth-order valence-electron chi connectivity index (χ4n) is 4.43. The Morgan fingerprint density at radius 3 is 2.77 bits per heavy atom. The number of alkyl halides is 4. The predicted octanol–water partition coefficient (Wildman–Crippen LogP) is 0.139. The van der Waals surface area contributed by atoms with E-state index in [1.54, 1.807) is 6.07 Å². The number of hydrogen-bond donors (Lipinski definition) is 5. The molecule has 1 unspecified atom stereocenters. The number of amides is 1. The Kier molecular flexibility index (Phi) is 8.48. The molecule has 1 aliphatic rings. The van der Waals surface area contributed by atoms with Crippen LogP contribution in [0.25, 0.3) is 16.8 Å². The van der Waals surface area contributed by atoms with Gasteiger partial charge in [0.2, 0.25) is 5.88 Å². The Labute approximate surface area is 219 Å². The highest BCUT2D eigenvalue weighted by Gasteiger charge is 2.42. The molecule has 12 nitrogen and oxygen atoms in total. The standard InChI is InChI=1S/C23H28F4N8O4/c1-39-22-14(21(38)33-16-9-34(8-15(16)24)10-18(37)23(25,26)27)4-12(7-30-22)17-5-13(6-29-2-3-36)19-20(28)31-11-32-35(17)19/h4-5,7,11,15-16,18,29,36-37H,2-3,6,8-10H2,1H3,(H,33,38)(H2,28,31,32)/t15-,16+,18?/m0/s1. The number of β-amino-alcohol motifs (C(OH)–C–C–N with tert-alkyl or cyclic N) is 1. The van der Waals surface area contributed by atoms with Gasteiger partial charge >= 0.3 is 6.18 Å². The molecule has 0 aromatic carbocycles. The number of nitrogen functional groups attached to an aromatic ring is 1. The van der Waals surface area contributed by atoms with E-state index >= 15 is 0 Å². The van der Waals surface area contributed by atoms with Crippen LogP contribution < -0.4 is 21.1 Å². The normalized spacial score (nSPS) is 18.9. The van der Waals surface area contributed by atoms with Gasteiger partial charge in [0.1, 0.15) is 23.6 Å². The molecule has 0 saturated carbocycles. The summed E-state index contributed by atoms with van der Waals surface area (Å²) in [7, 11) is 1.30. The Morgan fingerprint density at radius 2 is 2.08 bits per heavy atom. The van der Waals surface area contributed by atoms with E-state index in [-0.39, 0.29) is 37.0 Å². The number of methoxy groups -OCH3 is 1. The first kappa shape index (κ1) is 28.4. The van der Waals surface area contributed by atoms with E-state index in [1.165, 1.54) is 30.2 Å². The van der Waals surface area contributed by atoms with Crippen molar-refractivity contribution in [2.24, 2.45) is 0 Å².